The molecule has 1 aliphatic heterocycles. The second-order valence-corrected chi connectivity index (χ2v) is 13.0. The number of aryl methyl sites for hydroxylation is 1. The fourth-order valence-corrected chi connectivity index (χ4v) is 7.30. The third kappa shape index (κ3) is 7.12. The Bertz CT molecular complexity index is 1880. The lowest BCUT2D eigenvalue weighted by Crippen LogP contribution is -2.49. The number of hydrogen-bond acceptors (Lipinski definition) is 5. The van der Waals surface area contributed by atoms with Crippen molar-refractivity contribution in [2.45, 2.75) is 28.7 Å². The standard InChI is InChI=1S/C40H38N4O2S/c1-46-36-27-34-35(42-40(41-34)32-15-9-4-10-16-32)28-37(36)47-33-20-17-29(18-21-33)19-22-38(45)43-23-25-44(26-24-43)39(30-11-5-2-6-12-30)31-13-7-3-8-14-31/h2-18,20-21,27-28,39H,19,22-26H2,1H3,(H,41,42). The van der Waals surface area contributed by atoms with Crippen molar-refractivity contribution in [3.63, 3.8) is 0 Å². The van der Waals surface area contributed by atoms with Gasteiger partial charge in [0.1, 0.15) is 11.6 Å². The molecule has 0 radical (unpaired) electrons. The summed E-state index contributed by atoms with van der Waals surface area (Å²) < 4.78 is 5.74. The van der Waals surface area contributed by atoms with Crippen LogP contribution in [0.15, 0.2) is 137 Å². The van der Waals surface area contributed by atoms with E-state index in [-0.39, 0.29) is 11.9 Å². The van der Waals surface area contributed by atoms with Crippen LogP contribution in [0.1, 0.15) is 29.2 Å². The number of benzene rings is 5. The topological polar surface area (TPSA) is 61.5 Å². The van der Waals surface area contributed by atoms with Crippen LogP contribution in [0.2, 0.25) is 0 Å². The molecule has 7 rings (SSSR count). The Morgan fingerprint density at radius 1 is 0.809 bits per heavy atom. The van der Waals surface area contributed by atoms with Gasteiger partial charge in [-0.1, -0.05) is 115 Å². The minimum Gasteiger partial charge on any atom is -0.495 e. The zero-order valence-electron chi connectivity index (χ0n) is 26.5. The maximum atomic E-state index is 13.2. The maximum absolute atomic E-state index is 13.2. The summed E-state index contributed by atoms with van der Waals surface area (Å²) in [5.41, 5.74) is 6.64. The lowest BCUT2D eigenvalue weighted by molar-refractivity contribution is -0.133. The van der Waals surface area contributed by atoms with Crippen LogP contribution in [0.4, 0.5) is 0 Å². The van der Waals surface area contributed by atoms with Gasteiger partial charge in [0.05, 0.1) is 29.1 Å². The second kappa shape index (κ2) is 14.3. The zero-order valence-corrected chi connectivity index (χ0v) is 27.3. The van der Waals surface area contributed by atoms with Gasteiger partial charge in [0, 0.05) is 49.1 Å². The first kappa shape index (κ1) is 30.8. The molecule has 0 saturated carbocycles. The fraction of sp³-hybridized carbons (Fsp3) is 0.200. The van der Waals surface area contributed by atoms with Gasteiger partial charge in [-0.15, -0.1) is 0 Å². The minimum absolute atomic E-state index is 0.193. The number of piperazine rings is 1. The Balaban J connectivity index is 0.949. The number of aromatic amines is 1. The summed E-state index contributed by atoms with van der Waals surface area (Å²) in [4.78, 5) is 28.2. The number of amides is 1. The van der Waals surface area contributed by atoms with Crippen LogP contribution in [0, 0.1) is 0 Å². The van der Waals surface area contributed by atoms with Gasteiger partial charge >= 0.3 is 0 Å². The summed E-state index contributed by atoms with van der Waals surface area (Å²) in [5, 5.41) is 0. The number of rotatable bonds is 10. The largest absolute Gasteiger partial charge is 0.495 e. The van der Waals surface area contributed by atoms with Crippen LogP contribution in [-0.4, -0.2) is 59.0 Å². The van der Waals surface area contributed by atoms with Crippen molar-refractivity contribution in [2.24, 2.45) is 0 Å². The van der Waals surface area contributed by atoms with E-state index >= 15 is 0 Å². The van der Waals surface area contributed by atoms with Gasteiger partial charge in [0.15, 0.2) is 0 Å². The van der Waals surface area contributed by atoms with E-state index in [2.05, 4.69) is 101 Å². The smallest absolute Gasteiger partial charge is 0.222 e. The van der Waals surface area contributed by atoms with Gasteiger partial charge in [-0.25, -0.2) is 4.98 Å². The molecule has 0 unspecified atom stereocenters. The third-order valence-corrected chi connectivity index (χ3v) is 9.90. The van der Waals surface area contributed by atoms with E-state index < -0.39 is 0 Å². The molecule has 1 fully saturated rings. The monoisotopic (exact) mass is 638 g/mol. The molecule has 6 nitrogen and oxygen atoms in total. The average Bonchev–Trinajstić information content (AvgIpc) is 3.55. The summed E-state index contributed by atoms with van der Waals surface area (Å²) in [7, 11) is 1.70. The molecule has 7 heteroatoms. The molecule has 6 aromatic rings. The number of carbonyl (C=O) groups is 1. The zero-order chi connectivity index (χ0) is 32.0. The Morgan fingerprint density at radius 3 is 2.04 bits per heavy atom. The van der Waals surface area contributed by atoms with Crippen molar-refractivity contribution in [3.8, 4) is 17.1 Å². The molecule has 1 aliphatic rings. The lowest BCUT2D eigenvalue weighted by atomic mass is 9.96. The highest BCUT2D eigenvalue weighted by Crippen LogP contribution is 2.38. The number of methoxy groups -OCH3 is 1. The number of hydrogen-bond donors (Lipinski definition) is 1. The number of ether oxygens (including phenoxy) is 1. The van der Waals surface area contributed by atoms with Crippen molar-refractivity contribution < 1.29 is 9.53 Å². The quantitative estimate of drug-likeness (QED) is 0.164. The molecule has 0 bridgehead atoms. The van der Waals surface area contributed by atoms with Gasteiger partial charge in [-0.2, -0.15) is 0 Å². The van der Waals surface area contributed by atoms with Crippen LogP contribution in [0.5, 0.6) is 5.75 Å². The lowest BCUT2D eigenvalue weighted by Gasteiger charge is -2.40. The molecule has 1 saturated heterocycles. The molecular weight excluding hydrogens is 601 g/mol. The van der Waals surface area contributed by atoms with E-state index in [1.54, 1.807) is 18.9 Å². The van der Waals surface area contributed by atoms with Crippen LogP contribution in [0.25, 0.3) is 22.4 Å². The van der Waals surface area contributed by atoms with Crippen LogP contribution in [-0.2, 0) is 11.2 Å². The van der Waals surface area contributed by atoms with Crippen molar-refractivity contribution in [3.05, 3.63) is 144 Å². The number of aromatic nitrogens is 2. The predicted octanol–water partition coefficient (Wildman–Crippen LogP) is 8.26. The van der Waals surface area contributed by atoms with Gasteiger partial charge in [-0.3, -0.25) is 9.69 Å². The summed E-state index contributed by atoms with van der Waals surface area (Å²) >= 11 is 1.65. The molecule has 5 aromatic carbocycles. The first-order valence-corrected chi connectivity index (χ1v) is 17.0. The highest BCUT2D eigenvalue weighted by atomic mass is 32.2. The number of fused-ring (bicyclic) bond motifs is 1. The van der Waals surface area contributed by atoms with Crippen molar-refractivity contribution in [1.82, 2.24) is 19.8 Å². The highest BCUT2D eigenvalue weighted by molar-refractivity contribution is 7.99. The third-order valence-electron chi connectivity index (χ3n) is 8.86. The first-order valence-electron chi connectivity index (χ1n) is 16.2. The normalized spacial score (nSPS) is 13.7. The van der Waals surface area contributed by atoms with Crippen molar-refractivity contribution >= 4 is 28.7 Å². The molecule has 47 heavy (non-hydrogen) atoms. The Morgan fingerprint density at radius 2 is 1.43 bits per heavy atom. The number of nitrogens with zero attached hydrogens (tertiary/aromatic N) is 3. The molecule has 236 valence electrons. The number of nitrogens with one attached hydrogen (secondary N) is 1. The fourth-order valence-electron chi connectivity index (χ4n) is 6.36. The molecule has 1 N–H and O–H groups in total. The molecule has 1 amide bonds. The van der Waals surface area contributed by atoms with E-state index in [0.29, 0.717) is 6.42 Å². The number of H-pyrrole nitrogens is 1. The highest BCUT2D eigenvalue weighted by Gasteiger charge is 2.28. The number of carbonyl (C=O) groups excluding carboxylic acids is 1. The maximum Gasteiger partial charge on any atom is 0.222 e. The Hall–Kier alpha value is -4.85. The van der Waals surface area contributed by atoms with E-state index in [0.717, 1.165) is 76.1 Å². The second-order valence-electron chi connectivity index (χ2n) is 11.9. The molecule has 0 atom stereocenters. The van der Waals surface area contributed by atoms with Crippen LogP contribution in [0.3, 0.4) is 0 Å². The van der Waals surface area contributed by atoms with E-state index in [1.807, 2.05) is 41.3 Å². The molecule has 2 heterocycles. The molecule has 1 aromatic heterocycles. The van der Waals surface area contributed by atoms with Gasteiger partial charge in [0.2, 0.25) is 5.91 Å². The van der Waals surface area contributed by atoms with Crippen molar-refractivity contribution in [2.75, 3.05) is 33.3 Å². The van der Waals surface area contributed by atoms with Crippen LogP contribution < -0.4 is 4.74 Å². The van der Waals surface area contributed by atoms with Gasteiger partial charge < -0.3 is 14.6 Å². The van der Waals surface area contributed by atoms with E-state index in [9.17, 15) is 4.79 Å². The summed E-state index contributed by atoms with van der Waals surface area (Å²) in [6.45, 7) is 3.21. The van der Waals surface area contributed by atoms with Crippen molar-refractivity contribution in [1.29, 1.82) is 0 Å². The molecular formula is C40H38N4O2S. The number of imidazole rings is 1. The first-order chi connectivity index (χ1) is 23.1. The minimum atomic E-state index is 0.193. The average molecular weight is 639 g/mol. The molecule has 0 aliphatic carbocycles. The van der Waals surface area contributed by atoms with Gasteiger partial charge in [-0.05, 0) is 41.3 Å². The summed E-state index contributed by atoms with van der Waals surface area (Å²) in [6.07, 6.45) is 1.24. The van der Waals surface area contributed by atoms with E-state index in [1.165, 1.54) is 11.1 Å². The predicted molar refractivity (Wildman–Crippen MR) is 190 cm³/mol. The van der Waals surface area contributed by atoms with E-state index in [4.69, 9.17) is 9.72 Å². The Labute approximate surface area is 280 Å². The summed E-state index contributed by atoms with van der Waals surface area (Å²) in [5.74, 6) is 1.87. The molecule has 0 spiro atoms. The Kier molecular flexibility index (Phi) is 9.36. The van der Waals surface area contributed by atoms with Gasteiger partial charge in [0.25, 0.3) is 0 Å². The summed E-state index contributed by atoms with van der Waals surface area (Å²) in [6, 6.07) is 44.3. The SMILES string of the molecule is COc1cc2[nH]c(-c3ccccc3)nc2cc1Sc1ccc(CCC(=O)N2CCN(C(c3ccccc3)c3ccccc3)CC2)cc1. The van der Waals surface area contributed by atoms with Crippen LogP contribution >= 0.6 is 11.8 Å².